The van der Waals surface area contributed by atoms with E-state index >= 15 is 0 Å². The zero-order valence-corrected chi connectivity index (χ0v) is 11.5. The molecule has 0 fully saturated rings. The van der Waals surface area contributed by atoms with Gasteiger partial charge in [0, 0.05) is 22.0 Å². The highest BCUT2D eigenvalue weighted by Crippen LogP contribution is 2.34. The molecule has 0 unspecified atom stereocenters. The Kier molecular flexibility index (Phi) is 3.07. The molecule has 3 aromatic rings. The third-order valence-corrected chi connectivity index (χ3v) is 3.71. The molecular weight excluding hydrogens is 277 g/mol. The van der Waals surface area contributed by atoms with E-state index in [4.69, 9.17) is 11.6 Å². The highest BCUT2D eigenvalue weighted by molar-refractivity contribution is 6.33. The number of nitrogens with one attached hydrogen (secondary N) is 1. The number of benzene rings is 2. The quantitative estimate of drug-likeness (QED) is 0.678. The molecule has 100 valence electrons. The van der Waals surface area contributed by atoms with Gasteiger partial charge in [-0.1, -0.05) is 29.8 Å². The third-order valence-electron chi connectivity index (χ3n) is 3.40. The van der Waals surface area contributed by atoms with Crippen molar-refractivity contribution in [3.8, 4) is 11.3 Å². The van der Waals surface area contributed by atoms with Crippen molar-refractivity contribution in [1.82, 2.24) is 4.98 Å². The second kappa shape index (κ2) is 4.76. The van der Waals surface area contributed by atoms with E-state index in [0.29, 0.717) is 16.8 Å². The molecule has 1 N–H and O–H groups in total. The number of aromatic nitrogens is 1. The first-order valence-corrected chi connectivity index (χ1v) is 6.51. The van der Waals surface area contributed by atoms with Gasteiger partial charge in [0.25, 0.3) is 0 Å². The van der Waals surface area contributed by atoms with E-state index in [1.807, 2.05) is 25.1 Å². The highest BCUT2D eigenvalue weighted by Gasteiger charge is 2.16. The van der Waals surface area contributed by atoms with Crippen LogP contribution in [-0.2, 0) is 0 Å². The number of fused-ring (bicyclic) bond motifs is 1. The number of H-pyrrole nitrogens is 1. The molecule has 0 aliphatic heterocycles. The Morgan fingerprint density at radius 2 is 2.05 bits per heavy atom. The summed E-state index contributed by atoms with van der Waals surface area (Å²) in [4.78, 5) is 14.6. The van der Waals surface area contributed by atoms with Gasteiger partial charge in [0.05, 0.1) is 10.7 Å². The summed E-state index contributed by atoms with van der Waals surface area (Å²) >= 11 is 6.08. The summed E-state index contributed by atoms with van der Waals surface area (Å²) in [5.41, 5.74) is 3.71. The molecule has 0 saturated carbocycles. The number of carbonyl (C=O) groups excluding carboxylic acids is 1. The van der Waals surface area contributed by atoms with E-state index in [1.165, 1.54) is 12.1 Å². The van der Waals surface area contributed by atoms with Crippen LogP contribution in [-0.4, -0.2) is 11.3 Å². The standard InChI is InChI=1S/C16H11ClFNO/c1-9-3-2-4-11-13(8-20)16(19-15(9)11)12-6-5-10(18)7-14(12)17/h2-8,19H,1H3. The third kappa shape index (κ3) is 1.91. The molecule has 0 aliphatic rings. The summed E-state index contributed by atoms with van der Waals surface area (Å²) in [6, 6.07) is 9.88. The Bertz CT molecular complexity index is 823. The number of aryl methyl sites for hydroxylation is 1. The molecule has 0 spiro atoms. The van der Waals surface area contributed by atoms with Crippen LogP contribution in [0.25, 0.3) is 22.2 Å². The van der Waals surface area contributed by atoms with Crippen molar-refractivity contribution in [2.45, 2.75) is 6.92 Å². The summed E-state index contributed by atoms with van der Waals surface area (Å²) in [6.45, 7) is 1.96. The molecule has 20 heavy (non-hydrogen) atoms. The van der Waals surface area contributed by atoms with E-state index in [0.717, 1.165) is 22.8 Å². The van der Waals surface area contributed by atoms with Crippen LogP contribution < -0.4 is 0 Å². The van der Waals surface area contributed by atoms with Gasteiger partial charge in [-0.25, -0.2) is 4.39 Å². The Labute approximate surface area is 120 Å². The minimum absolute atomic E-state index is 0.275. The molecule has 0 aliphatic carbocycles. The van der Waals surface area contributed by atoms with Gasteiger partial charge < -0.3 is 4.98 Å². The molecule has 0 atom stereocenters. The Morgan fingerprint density at radius 3 is 2.75 bits per heavy atom. The topological polar surface area (TPSA) is 32.9 Å². The zero-order chi connectivity index (χ0) is 14.3. The summed E-state index contributed by atoms with van der Waals surface area (Å²) in [5.74, 6) is -0.404. The molecule has 2 aromatic carbocycles. The van der Waals surface area contributed by atoms with Crippen LogP contribution in [0.3, 0.4) is 0 Å². The maximum Gasteiger partial charge on any atom is 0.152 e. The van der Waals surface area contributed by atoms with Gasteiger partial charge in [0.1, 0.15) is 5.82 Å². The predicted molar refractivity (Wildman–Crippen MR) is 78.8 cm³/mol. The highest BCUT2D eigenvalue weighted by atomic mass is 35.5. The van der Waals surface area contributed by atoms with E-state index < -0.39 is 5.82 Å². The second-order valence-electron chi connectivity index (χ2n) is 4.65. The lowest BCUT2D eigenvalue weighted by molar-refractivity contribution is 0.112. The van der Waals surface area contributed by atoms with Gasteiger partial charge in [0.15, 0.2) is 6.29 Å². The molecule has 1 heterocycles. The maximum atomic E-state index is 13.2. The lowest BCUT2D eigenvalue weighted by atomic mass is 10.1. The molecule has 4 heteroatoms. The van der Waals surface area contributed by atoms with Crippen LogP contribution >= 0.6 is 11.6 Å². The number of halogens is 2. The van der Waals surface area contributed by atoms with Crippen molar-refractivity contribution in [2.24, 2.45) is 0 Å². The lowest BCUT2D eigenvalue weighted by Gasteiger charge is -2.03. The van der Waals surface area contributed by atoms with E-state index in [-0.39, 0.29) is 5.02 Å². The number of hydrogen-bond acceptors (Lipinski definition) is 1. The van der Waals surface area contributed by atoms with Crippen molar-refractivity contribution >= 4 is 28.8 Å². The summed E-state index contributed by atoms with van der Waals surface area (Å²) in [7, 11) is 0. The van der Waals surface area contributed by atoms with E-state index in [9.17, 15) is 9.18 Å². The van der Waals surface area contributed by atoms with Crippen molar-refractivity contribution in [3.63, 3.8) is 0 Å². The first-order chi connectivity index (χ1) is 9.61. The Hall–Kier alpha value is -2.13. The maximum absolute atomic E-state index is 13.2. The van der Waals surface area contributed by atoms with Gasteiger partial charge in [0.2, 0.25) is 0 Å². The van der Waals surface area contributed by atoms with E-state index in [1.54, 1.807) is 6.07 Å². The van der Waals surface area contributed by atoms with Crippen molar-refractivity contribution in [3.05, 3.63) is 58.4 Å². The molecule has 0 bridgehead atoms. The lowest BCUT2D eigenvalue weighted by Crippen LogP contribution is -1.87. The van der Waals surface area contributed by atoms with Gasteiger partial charge in [-0.2, -0.15) is 0 Å². The average molecular weight is 288 g/mol. The molecule has 3 rings (SSSR count). The van der Waals surface area contributed by atoms with Crippen LogP contribution in [0.2, 0.25) is 5.02 Å². The number of hydrogen-bond donors (Lipinski definition) is 1. The minimum atomic E-state index is -0.404. The largest absolute Gasteiger partial charge is 0.354 e. The summed E-state index contributed by atoms with van der Waals surface area (Å²) in [5, 5.41) is 1.12. The monoisotopic (exact) mass is 287 g/mol. The number of rotatable bonds is 2. The van der Waals surface area contributed by atoms with Gasteiger partial charge in [-0.15, -0.1) is 0 Å². The SMILES string of the molecule is Cc1cccc2c(C=O)c(-c3ccc(F)cc3Cl)[nH]c12. The molecule has 0 amide bonds. The fourth-order valence-corrected chi connectivity index (χ4v) is 2.67. The Balaban J connectivity index is 2.36. The van der Waals surface area contributed by atoms with Crippen LogP contribution in [0, 0.1) is 12.7 Å². The first-order valence-electron chi connectivity index (χ1n) is 6.13. The fraction of sp³-hybridized carbons (Fsp3) is 0.0625. The van der Waals surface area contributed by atoms with Crippen molar-refractivity contribution in [2.75, 3.05) is 0 Å². The zero-order valence-electron chi connectivity index (χ0n) is 10.7. The number of para-hydroxylation sites is 1. The molecular formula is C16H11ClFNO. The minimum Gasteiger partial charge on any atom is -0.354 e. The summed E-state index contributed by atoms with van der Waals surface area (Å²) in [6.07, 6.45) is 0.799. The van der Waals surface area contributed by atoms with Crippen LogP contribution in [0.1, 0.15) is 15.9 Å². The molecule has 1 aromatic heterocycles. The van der Waals surface area contributed by atoms with Crippen molar-refractivity contribution in [1.29, 1.82) is 0 Å². The van der Waals surface area contributed by atoms with Gasteiger partial charge in [-0.05, 0) is 30.7 Å². The van der Waals surface area contributed by atoms with E-state index in [2.05, 4.69) is 4.98 Å². The molecule has 0 radical (unpaired) electrons. The average Bonchev–Trinajstić information content (AvgIpc) is 2.78. The normalized spacial score (nSPS) is 10.9. The number of aromatic amines is 1. The van der Waals surface area contributed by atoms with Crippen LogP contribution in [0.5, 0.6) is 0 Å². The molecule has 2 nitrogen and oxygen atoms in total. The van der Waals surface area contributed by atoms with Crippen molar-refractivity contribution < 1.29 is 9.18 Å². The first kappa shape index (κ1) is 12.9. The van der Waals surface area contributed by atoms with Gasteiger partial charge >= 0.3 is 0 Å². The molecule has 0 saturated heterocycles. The smallest absolute Gasteiger partial charge is 0.152 e. The van der Waals surface area contributed by atoms with Crippen LogP contribution in [0.15, 0.2) is 36.4 Å². The summed E-state index contributed by atoms with van der Waals surface area (Å²) < 4.78 is 13.2. The van der Waals surface area contributed by atoms with Gasteiger partial charge in [-0.3, -0.25) is 4.79 Å². The second-order valence-corrected chi connectivity index (χ2v) is 5.06. The predicted octanol–water partition coefficient (Wildman–Crippen LogP) is 4.75. The number of aldehydes is 1. The van der Waals surface area contributed by atoms with Crippen LogP contribution in [0.4, 0.5) is 4.39 Å². The fourth-order valence-electron chi connectivity index (χ4n) is 2.41. The Morgan fingerprint density at radius 1 is 1.25 bits per heavy atom. The number of carbonyl (C=O) groups is 1.